The number of sulfone groups is 1. The number of hydrogen-bond acceptors (Lipinski definition) is 8. The lowest BCUT2D eigenvalue weighted by Crippen LogP contribution is -2.20. The SMILES string of the molecule is CC(C)S(=O)(=O)c1ccc(-c2nnc(NC(=O)c3cc4ccccc4oc3=O)o2)cc1. The Kier molecular flexibility index (Phi) is 5.15. The fraction of sp³-hybridized carbons (Fsp3) is 0.143. The van der Waals surface area contributed by atoms with Gasteiger partial charge in [0.1, 0.15) is 11.1 Å². The Morgan fingerprint density at radius 1 is 1.00 bits per heavy atom. The molecule has 2 heterocycles. The summed E-state index contributed by atoms with van der Waals surface area (Å²) in [5.74, 6) is -0.678. The van der Waals surface area contributed by atoms with E-state index in [0.717, 1.165) is 0 Å². The summed E-state index contributed by atoms with van der Waals surface area (Å²) in [4.78, 5) is 24.8. The first-order valence-electron chi connectivity index (χ1n) is 9.28. The van der Waals surface area contributed by atoms with Gasteiger partial charge < -0.3 is 8.83 Å². The Bertz CT molecular complexity index is 1440. The van der Waals surface area contributed by atoms with Crippen LogP contribution in [0.2, 0.25) is 0 Å². The van der Waals surface area contributed by atoms with Crippen molar-refractivity contribution in [2.24, 2.45) is 0 Å². The third-order valence-corrected chi connectivity index (χ3v) is 6.75. The molecule has 0 saturated heterocycles. The van der Waals surface area contributed by atoms with Gasteiger partial charge in [-0.1, -0.05) is 23.3 Å². The lowest BCUT2D eigenvalue weighted by Gasteiger charge is -2.07. The molecule has 31 heavy (non-hydrogen) atoms. The van der Waals surface area contributed by atoms with Gasteiger partial charge in [-0.2, -0.15) is 0 Å². The zero-order valence-electron chi connectivity index (χ0n) is 16.5. The molecule has 0 atom stereocenters. The van der Waals surface area contributed by atoms with E-state index in [2.05, 4.69) is 15.5 Å². The number of aromatic nitrogens is 2. The Hall–Kier alpha value is -3.79. The number of carbonyl (C=O) groups is 1. The first-order chi connectivity index (χ1) is 14.8. The van der Waals surface area contributed by atoms with Crippen molar-refractivity contribution in [2.75, 3.05) is 5.32 Å². The summed E-state index contributed by atoms with van der Waals surface area (Å²) >= 11 is 0. The molecule has 9 nitrogen and oxygen atoms in total. The van der Waals surface area contributed by atoms with Crippen LogP contribution < -0.4 is 10.9 Å². The Morgan fingerprint density at radius 2 is 1.71 bits per heavy atom. The molecule has 0 radical (unpaired) electrons. The summed E-state index contributed by atoms with van der Waals surface area (Å²) in [6.07, 6.45) is 0. The molecule has 2 aromatic heterocycles. The first kappa shape index (κ1) is 20.5. The van der Waals surface area contributed by atoms with E-state index in [9.17, 15) is 18.0 Å². The van der Waals surface area contributed by atoms with Crippen LogP contribution in [0.4, 0.5) is 6.01 Å². The molecule has 0 spiro atoms. The highest BCUT2D eigenvalue weighted by molar-refractivity contribution is 7.92. The molecule has 0 aliphatic heterocycles. The second-order valence-corrected chi connectivity index (χ2v) is 9.47. The topological polar surface area (TPSA) is 132 Å². The summed E-state index contributed by atoms with van der Waals surface area (Å²) in [7, 11) is -3.40. The highest BCUT2D eigenvalue weighted by Crippen LogP contribution is 2.23. The normalized spacial score (nSPS) is 11.7. The van der Waals surface area contributed by atoms with Crippen molar-refractivity contribution in [1.82, 2.24) is 10.2 Å². The van der Waals surface area contributed by atoms with Gasteiger partial charge in [-0.25, -0.2) is 13.2 Å². The fourth-order valence-electron chi connectivity index (χ4n) is 2.83. The Morgan fingerprint density at radius 3 is 2.42 bits per heavy atom. The number of nitrogens with one attached hydrogen (secondary N) is 1. The van der Waals surface area contributed by atoms with Gasteiger partial charge in [0, 0.05) is 10.9 Å². The van der Waals surface area contributed by atoms with Crippen LogP contribution in [0, 0.1) is 0 Å². The molecular weight excluding hydrogens is 422 g/mol. The summed E-state index contributed by atoms with van der Waals surface area (Å²) in [6.45, 7) is 3.21. The maximum Gasteiger partial charge on any atom is 0.349 e. The van der Waals surface area contributed by atoms with E-state index in [4.69, 9.17) is 8.83 Å². The Balaban J connectivity index is 1.55. The van der Waals surface area contributed by atoms with Crippen molar-refractivity contribution in [3.63, 3.8) is 0 Å². The minimum atomic E-state index is -3.40. The number of anilines is 1. The predicted molar refractivity (Wildman–Crippen MR) is 112 cm³/mol. The molecule has 1 N–H and O–H groups in total. The number of para-hydroxylation sites is 1. The minimum Gasteiger partial charge on any atom is -0.422 e. The maximum atomic E-state index is 12.5. The monoisotopic (exact) mass is 439 g/mol. The van der Waals surface area contributed by atoms with Crippen molar-refractivity contribution >= 4 is 32.7 Å². The fourth-order valence-corrected chi connectivity index (χ4v) is 3.89. The first-order valence-corrected chi connectivity index (χ1v) is 10.8. The van der Waals surface area contributed by atoms with Crippen molar-refractivity contribution in [3.05, 3.63) is 70.6 Å². The van der Waals surface area contributed by atoms with Crippen molar-refractivity contribution < 1.29 is 22.0 Å². The van der Waals surface area contributed by atoms with Crippen LogP contribution in [0.15, 0.2) is 73.1 Å². The molecule has 158 valence electrons. The average molecular weight is 439 g/mol. The average Bonchev–Trinajstić information content (AvgIpc) is 3.21. The molecule has 0 aliphatic rings. The predicted octanol–water partition coefficient (Wildman–Crippen LogP) is 3.28. The lowest BCUT2D eigenvalue weighted by molar-refractivity contribution is 0.102. The van der Waals surface area contributed by atoms with E-state index in [1.807, 2.05) is 0 Å². The van der Waals surface area contributed by atoms with Crippen LogP contribution in [-0.4, -0.2) is 29.8 Å². The van der Waals surface area contributed by atoms with Gasteiger partial charge in [0.25, 0.3) is 5.91 Å². The standard InChI is InChI=1S/C21H17N3O6S/c1-12(2)31(27,28)15-9-7-13(8-10-15)19-23-24-21(30-19)22-18(25)16-11-14-5-3-4-6-17(14)29-20(16)26/h3-12H,1-2H3,(H,22,24,25). The van der Waals surface area contributed by atoms with Crippen LogP contribution in [-0.2, 0) is 9.84 Å². The van der Waals surface area contributed by atoms with Crippen LogP contribution in [0.3, 0.4) is 0 Å². The van der Waals surface area contributed by atoms with E-state index >= 15 is 0 Å². The molecule has 0 saturated carbocycles. The molecule has 0 unspecified atom stereocenters. The third-order valence-electron chi connectivity index (χ3n) is 4.58. The second kappa shape index (κ2) is 7.80. The molecule has 1 amide bonds. The minimum absolute atomic E-state index is 0.0781. The van der Waals surface area contributed by atoms with Gasteiger partial charge in [0.2, 0.25) is 5.89 Å². The highest BCUT2D eigenvalue weighted by Gasteiger charge is 2.20. The number of amides is 1. The maximum absolute atomic E-state index is 12.5. The Labute approximate surface area is 176 Å². The molecule has 0 aliphatic carbocycles. The van der Waals surface area contributed by atoms with Crippen LogP contribution >= 0.6 is 0 Å². The van der Waals surface area contributed by atoms with Gasteiger partial charge in [-0.15, -0.1) is 5.10 Å². The van der Waals surface area contributed by atoms with Gasteiger partial charge in [-0.3, -0.25) is 10.1 Å². The smallest absolute Gasteiger partial charge is 0.349 e. The summed E-state index contributed by atoms with van der Waals surface area (Å²) < 4.78 is 35.0. The van der Waals surface area contributed by atoms with Gasteiger partial charge in [-0.05, 0) is 50.2 Å². The molecule has 2 aromatic carbocycles. The lowest BCUT2D eigenvalue weighted by atomic mass is 10.2. The molecule has 10 heteroatoms. The van der Waals surface area contributed by atoms with E-state index in [1.165, 1.54) is 30.3 Å². The number of rotatable bonds is 5. The van der Waals surface area contributed by atoms with Crippen LogP contribution in [0.5, 0.6) is 0 Å². The molecule has 4 aromatic rings. The molecule has 4 rings (SSSR count). The van der Waals surface area contributed by atoms with Crippen LogP contribution in [0.1, 0.15) is 24.2 Å². The zero-order valence-corrected chi connectivity index (χ0v) is 17.3. The van der Waals surface area contributed by atoms with E-state index in [-0.39, 0.29) is 22.4 Å². The van der Waals surface area contributed by atoms with Crippen LogP contribution in [0.25, 0.3) is 22.4 Å². The second-order valence-electron chi connectivity index (χ2n) is 6.97. The van der Waals surface area contributed by atoms with Gasteiger partial charge in [0.15, 0.2) is 9.84 Å². The number of benzene rings is 2. The molecule has 0 fully saturated rings. The van der Waals surface area contributed by atoms with E-state index in [1.54, 1.807) is 38.1 Å². The number of carbonyl (C=O) groups excluding carboxylic acids is 1. The number of nitrogens with zero attached hydrogens (tertiary/aromatic N) is 2. The van der Waals surface area contributed by atoms with Gasteiger partial charge in [0.05, 0.1) is 10.1 Å². The quantitative estimate of drug-likeness (QED) is 0.469. The molecular formula is C21H17N3O6S. The highest BCUT2D eigenvalue weighted by atomic mass is 32.2. The van der Waals surface area contributed by atoms with Crippen molar-refractivity contribution in [1.29, 1.82) is 0 Å². The summed E-state index contributed by atoms with van der Waals surface area (Å²) in [6, 6.07) is 14.0. The number of fused-ring (bicyclic) bond motifs is 1. The van der Waals surface area contributed by atoms with Crippen molar-refractivity contribution in [2.45, 2.75) is 24.0 Å². The zero-order chi connectivity index (χ0) is 22.2. The van der Waals surface area contributed by atoms with Gasteiger partial charge >= 0.3 is 11.6 Å². The van der Waals surface area contributed by atoms with Crippen molar-refractivity contribution in [3.8, 4) is 11.5 Å². The summed E-state index contributed by atoms with van der Waals surface area (Å²) in [5, 5.41) is 10.0. The molecule has 0 bridgehead atoms. The van der Waals surface area contributed by atoms with E-state index < -0.39 is 26.6 Å². The third kappa shape index (κ3) is 3.97. The van der Waals surface area contributed by atoms with E-state index in [0.29, 0.717) is 16.5 Å². The number of hydrogen-bond donors (Lipinski definition) is 1. The summed E-state index contributed by atoms with van der Waals surface area (Å²) in [5.41, 5.74) is -0.160. The largest absolute Gasteiger partial charge is 0.422 e.